The summed E-state index contributed by atoms with van der Waals surface area (Å²) in [7, 11) is 1.98. The minimum absolute atomic E-state index is 0.0365. The number of carbonyl (C=O) groups is 2. The fourth-order valence-electron chi connectivity index (χ4n) is 4.98. The van der Waals surface area contributed by atoms with E-state index in [-0.39, 0.29) is 17.7 Å². The standard InChI is InChI=1S/C21H31N3O3/c1-3-18-6-7-19(27-18)21(26)24-10-8-14(9-11-24)20(25)23(2)17-12-15-4-5-16(13-17)22-15/h6-7,14-17,22H,3-5,8-13H2,1-2H3. The summed E-state index contributed by atoms with van der Waals surface area (Å²) in [5, 5.41) is 3.64. The van der Waals surface area contributed by atoms with Gasteiger partial charge in [0.25, 0.3) is 5.91 Å². The van der Waals surface area contributed by atoms with Crippen molar-refractivity contribution in [1.29, 1.82) is 0 Å². The Kier molecular flexibility index (Phi) is 5.26. The molecular weight excluding hydrogens is 342 g/mol. The molecule has 1 N–H and O–H groups in total. The lowest BCUT2D eigenvalue weighted by Crippen LogP contribution is -2.51. The zero-order valence-corrected chi connectivity index (χ0v) is 16.4. The SMILES string of the molecule is CCc1ccc(C(=O)N2CCC(C(=O)N(C)C3CC4CCC(C3)N4)CC2)o1. The topological polar surface area (TPSA) is 65.8 Å². The molecule has 1 aromatic heterocycles. The fraction of sp³-hybridized carbons (Fsp3) is 0.714. The summed E-state index contributed by atoms with van der Waals surface area (Å²) in [4.78, 5) is 29.4. The number of carbonyl (C=O) groups excluding carboxylic acids is 2. The molecule has 27 heavy (non-hydrogen) atoms. The van der Waals surface area contributed by atoms with E-state index < -0.39 is 0 Å². The van der Waals surface area contributed by atoms with Crippen LogP contribution in [0.15, 0.2) is 16.5 Å². The smallest absolute Gasteiger partial charge is 0.289 e. The average molecular weight is 373 g/mol. The quantitative estimate of drug-likeness (QED) is 0.880. The Morgan fingerprint density at radius 3 is 2.41 bits per heavy atom. The van der Waals surface area contributed by atoms with E-state index in [4.69, 9.17) is 4.42 Å². The largest absolute Gasteiger partial charge is 0.456 e. The molecule has 3 saturated heterocycles. The Morgan fingerprint density at radius 1 is 1.15 bits per heavy atom. The van der Waals surface area contributed by atoms with Gasteiger partial charge in [-0.05, 0) is 50.7 Å². The highest BCUT2D eigenvalue weighted by Gasteiger charge is 2.38. The zero-order valence-electron chi connectivity index (χ0n) is 16.4. The highest BCUT2D eigenvalue weighted by molar-refractivity contribution is 5.91. The molecule has 0 saturated carbocycles. The predicted molar refractivity (Wildman–Crippen MR) is 102 cm³/mol. The second-order valence-corrected chi connectivity index (χ2v) is 8.40. The van der Waals surface area contributed by atoms with Gasteiger partial charge in [-0.1, -0.05) is 6.92 Å². The van der Waals surface area contributed by atoms with Crippen molar-refractivity contribution in [2.24, 2.45) is 5.92 Å². The third-order valence-corrected chi connectivity index (χ3v) is 6.70. The Bertz CT molecular complexity index is 681. The predicted octanol–water partition coefficient (Wildman–Crippen LogP) is 2.44. The van der Waals surface area contributed by atoms with Crippen molar-refractivity contribution < 1.29 is 14.0 Å². The van der Waals surface area contributed by atoms with Gasteiger partial charge in [-0.2, -0.15) is 0 Å². The number of fused-ring (bicyclic) bond motifs is 2. The Labute approximate surface area is 161 Å². The van der Waals surface area contributed by atoms with Crippen LogP contribution in [-0.4, -0.2) is 59.9 Å². The third kappa shape index (κ3) is 3.77. The summed E-state index contributed by atoms with van der Waals surface area (Å²) in [5.74, 6) is 1.50. The lowest BCUT2D eigenvalue weighted by molar-refractivity contribution is -0.138. The van der Waals surface area contributed by atoms with Crippen molar-refractivity contribution in [2.45, 2.75) is 70.0 Å². The maximum atomic E-state index is 13.0. The van der Waals surface area contributed by atoms with Gasteiger partial charge in [0.2, 0.25) is 5.91 Å². The Morgan fingerprint density at radius 2 is 1.81 bits per heavy atom. The van der Waals surface area contributed by atoms with E-state index in [9.17, 15) is 9.59 Å². The lowest BCUT2D eigenvalue weighted by atomic mass is 9.92. The van der Waals surface area contributed by atoms with Gasteiger partial charge >= 0.3 is 0 Å². The first-order valence-electron chi connectivity index (χ1n) is 10.5. The molecule has 2 unspecified atom stereocenters. The Balaban J connectivity index is 1.30. The van der Waals surface area contributed by atoms with Crippen LogP contribution in [0.3, 0.4) is 0 Å². The minimum Gasteiger partial charge on any atom is -0.456 e. The first-order valence-corrected chi connectivity index (χ1v) is 10.5. The van der Waals surface area contributed by atoms with Gasteiger partial charge in [0.05, 0.1) is 0 Å². The van der Waals surface area contributed by atoms with Crippen molar-refractivity contribution in [1.82, 2.24) is 15.1 Å². The van der Waals surface area contributed by atoms with Gasteiger partial charge in [-0.15, -0.1) is 0 Å². The number of piperidine rings is 2. The first-order chi connectivity index (χ1) is 13.0. The minimum atomic E-state index is -0.0520. The molecule has 3 aliphatic rings. The molecule has 2 atom stereocenters. The third-order valence-electron chi connectivity index (χ3n) is 6.70. The number of hydrogen-bond acceptors (Lipinski definition) is 4. The molecule has 4 heterocycles. The van der Waals surface area contributed by atoms with E-state index in [1.54, 1.807) is 6.07 Å². The maximum Gasteiger partial charge on any atom is 0.289 e. The van der Waals surface area contributed by atoms with Crippen LogP contribution in [0.5, 0.6) is 0 Å². The monoisotopic (exact) mass is 373 g/mol. The summed E-state index contributed by atoms with van der Waals surface area (Å²) in [6.07, 6.45) is 6.92. The molecule has 0 aromatic carbocycles. The van der Waals surface area contributed by atoms with Gasteiger partial charge in [-0.25, -0.2) is 0 Å². The van der Waals surface area contributed by atoms with Crippen LogP contribution in [0.1, 0.15) is 61.8 Å². The van der Waals surface area contributed by atoms with Crippen LogP contribution in [-0.2, 0) is 11.2 Å². The van der Waals surface area contributed by atoms with Crippen molar-refractivity contribution in [3.05, 3.63) is 23.7 Å². The fourth-order valence-corrected chi connectivity index (χ4v) is 4.98. The van der Waals surface area contributed by atoms with Crippen LogP contribution in [0.2, 0.25) is 0 Å². The normalized spacial score (nSPS) is 28.4. The molecule has 1 aromatic rings. The summed E-state index contributed by atoms with van der Waals surface area (Å²) >= 11 is 0. The van der Waals surface area contributed by atoms with Crippen LogP contribution >= 0.6 is 0 Å². The molecule has 0 radical (unpaired) electrons. The second kappa shape index (κ2) is 7.66. The molecular formula is C21H31N3O3. The molecule has 0 spiro atoms. The maximum absolute atomic E-state index is 13.0. The highest BCUT2D eigenvalue weighted by Crippen LogP contribution is 2.31. The van der Waals surface area contributed by atoms with Crippen molar-refractivity contribution >= 4 is 11.8 Å². The van der Waals surface area contributed by atoms with Crippen LogP contribution < -0.4 is 5.32 Å². The number of likely N-dealkylation sites (tertiary alicyclic amines) is 1. The molecule has 4 rings (SSSR count). The highest BCUT2D eigenvalue weighted by atomic mass is 16.4. The summed E-state index contributed by atoms with van der Waals surface area (Å²) < 4.78 is 5.59. The summed E-state index contributed by atoms with van der Waals surface area (Å²) in [5.41, 5.74) is 0. The van der Waals surface area contributed by atoms with Crippen molar-refractivity contribution in [3.8, 4) is 0 Å². The lowest BCUT2D eigenvalue weighted by Gasteiger charge is -2.39. The molecule has 2 amide bonds. The van der Waals surface area contributed by atoms with Crippen molar-refractivity contribution in [3.63, 3.8) is 0 Å². The van der Waals surface area contributed by atoms with E-state index in [1.165, 1.54) is 12.8 Å². The van der Waals surface area contributed by atoms with E-state index in [0.717, 1.165) is 37.9 Å². The van der Waals surface area contributed by atoms with Gasteiger partial charge in [0, 0.05) is 50.6 Å². The van der Waals surface area contributed by atoms with E-state index in [1.807, 2.05) is 29.8 Å². The molecule has 3 fully saturated rings. The number of nitrogens with one attached hydrogen (secondary N) is 1. The van der Waals surface area contributed by atoms with Crippen molar-refractivity contribution in [2.75, 3.05) is 20.1 Å². The van der Waals surface area contributed by atoms with Gasteiger partial charge in [0.15, 0.2) is 5.76 Å². The molecule has 6 nitrogen and oxygen atoms in total. The number of aryl methyl sites for hydroxylation is 1. The number of nitrogens with zero attached hydrogens (tertiary/aromatic N) is 2. The van der Waals surface area contributed by atoms with Gasteiger partial charge in [0.1, 0.15) is 5.76 Å². The van der Waals surface area contributed by atoms with Crippen LogP contribution in [0.25, 0.3) is 0 Å². The summed E-state index contributed by atoms with van der Waals surface area (Å²) in [6.45, 7) is 3.26. The van der Waals surface area contributed by atoms with Gasteiger partial charge < -0.3 is 19.5 Å². The number of furan rings is 1. The number of amides is 2. The van der Waals surface area contributed by atoms with E-state index >= 15 is 0 Å². The number of rotatable bonds is 4. The second-order valence-electron chi connectivity index (χ2n) is 8.40. The van der Waals surface area contributed by atoms with Crippen LogP contribution in [0, 0.1) is 5.92 Å². The number of hydrogen-bond donors (Lipinski definition) is 1. The average Bonchev–Trinajstić information content (AvgIpc) is 3.32. The molecule has 3 aliphatic heterocycles. The van der Waals surface area contributed by atoms with E-state index in [0.29, 0.717) is 37.0 Å². The zero-order chi connectivity index (χ0) is 19.0. The molecule has 0 aliphatic carbocycles. The molecule has 148 valence electrons. The molecule has 6 heteroatoms. The van der Waals surface area contributed by atoms with Crippen LogP contribution in [0.4, 0.5) is 0 Å². The van der Waals surface area contributed by atoms with Gasteiger partial charge in [-0.3, -0.25) is 9.59 Å². The van der Waals surface area contributed by atoms with E-state index in [2.05, 4.69) is 5.32 Å². The Hall–Kier alpha value is -1.82. The molecule has 2 bridgehead atoms. The first kappa shape index (κ1) is 18.5. The summed E-state index contributed by atoms with van der Waals surface area (Å²) in [6, 6.07) is 5.17.